The van der Waals surface area contributed by atoms with Crippen LogP contribution in [-0.2, 0) is 0 Å². The number of rotatable bonds is 2. The van der Waals surface area contributed by atoms with Crippen molar-refractivity contribution >= 4 is 5.78 Å². The van der Waals surface area contributed by atoms with Gasteiger partial charge in [-0.1, -0.05) is 56.7 Å². The van der Waals surface area contributed by atoms with Crippen LogP contribution in [0.3, 0.4) is 0 Å². The highest BCUT2D eigenvalue weighted by Gasteiger charge is 2.08. The van der Waals surface area contributed by atoms with Gasteiger partial charge in [-0.15, -0.1) is 0 Å². The maximum Gasteiger partial charge on any atom is 0.178 e. The number of aromatic nitrogens is 1. The topological polar surface area (TPSA) is 30.0 Å². The van der Waals surface area contributed by atoms with Crippen molar-refractivity contribution in [1.82, 2.24) is 4.98 Å². The maximum atomic E-state index is 11.4. The third kappa shape index (κ3) is 3.81. The number of hydrogen-bond donors (Lipinski definition) is 0. The standard InChI is InChI=1S/C13H11NO.C3H8/c1-10(15)13-12(8-5-9-14-13)11-6-3-2-4-7-11;1-3-2/h2-9H,1H3;3H2,1-2H3. The predicted molar refractivity (Wildman–Crippen MR) is 75.6 cm³/mol. The molecule has 1 heterocycles. The van der Waals surface area contributed by atoms with E-state index in [4.69, 9.17) is 0 Å². The van der Waals surface area contributed by atoms with Crippen LogP contribution in [0, 0.1) is 0 Å². The summed E-state index contributed by atoms with van der Waals surface area (Å²) in [6, 6.07) is 13.6. The van der Waals surface area contributed by atoms with Crippen LogP contribution in [0.4, 0.5) is 0 Å². The highest BCUT2D eigenvalue weighted by atomic mass is 16.1. The fourth-order valence-corrected chi connectivity index (χ4v) is 1.54. The minimum absolute atomic E-state index is 0.00514. The first kappa shape index (κ1) is 14.1. The van der Waals surface area contributed by atoms with E-state index in [1.165, 1.54) is 13.3 Å². The molecule has 0 amide bonds. The first-order chi connectivity index (χ1) is 8.70. The predicted octanol–water partition coefficient (Wildman–Crippen LogP) is 4.37. The highest BCUT2D eigenvalue weighted by molar-refractivity contribution is 5.98. The van der Waals surface area contributed by atoms with Crippen molar-refractivity contribution in [3.8, 4) is 11.1 Å². The monoisotopic (exact) mass is 241 g/mol. The van der Waals surface area contributed by atoms with E-state index < -0.39 is 0 Å². The molecule has 0 unspecified atom stereocenters. The number of carbonyl (C=O) groups excluding carboxylic acids is 1. The number of ketones is 1. The first-order valence-electron chi connectivity index (χ1n) is 6.22. The van der Waals surface area contributed by atoms with Gasteiger partial charge in [-0.25, -0.2) is 0 Å². The largest absolute Gasteiger partial charge is 0.293 e. The molecule has 0 saturated carbocycles. The van der Waals surface area contributed by atoms with E-state index in [1.807, 2.05) is 42.5 Å². The van der Waals surface area contributed by atoms with Crippen LogP contribution in [0.1, 0.15) is 37.7 Å². The number of benzene rings is 1. The highest BCUT2D eigenvalue weighted by Crippen LogP contribution is 2.21. The lowest BCUT2D eigenvalue weighted by atomic mass is 10.0. The van der Waals surface area contributed by atoms with Gasteiger partial charge in [-0.05, 0) is 11.6 Å². The third-order valence-corrected chi connectivity index (χ3v) is 2.23. The molecule has 0 fully saturated rings. The molecule has 1 aromatic carbocycles. The summed E-state index contributed by atoms with van der Waals surface area (Å²) in [6.07, 6.45) is 2.89. The molecule has 1 aromatic heterocycles. The third-order valence-electron chi connectivity index (χ3n) is 2.23. The number of Topliss-reactive ketones (excluding diaryl/α,β-unsaturated/α-hetero) is 1. The van der Waals surface area contributed by atoms with E-state index in [0.717, 1.165) is 11.1 Å². The zero-order valence-electron chi connectivity index (χ0n) is 11.2. The van der Waals surface area contributed by atoms with Crippen molar-refractivity contribution in [3.05, 3.63) is 54.4 Å². The Labute approximate surface area is 109 Å². The van der Waals surface area contributed by atoms with E-state index in [9.17, 15) is 4.79 Å². The van der Waals surface area contributed by atoms with E-state index in [2.05, 4.69) is 18.8 Å². The fraction of sp³-hybridized carbons (Fsp3) is 0.250. The minimum Gasteiger partial charge on any atom is -0.293 e. The summed E-state index contributed by atoms with van der Waals surface area (Å²) in [5.74, 6) is -0.00514. The second-order valence-electron chi connectivity index (χ2n) is 4.03. The van der Waals surface area contributed by atoms with Gasteiger partial charge in [-0.2, -0.15) is 0 Å². The molecule has 0 aliphatic rings. The van der Waals surface area contributed by atoms with Crippen molar-refractivity contribution in [1.29, 1.82) is 0 Å². The second kappa shape index (κ2) is 7.38. The Morgan fingerprint density at radius 3 is 2.22 bits per heavy atom. The normalized spacial score (nSPS) is 9.28. The lowest BCUT2D eigenvalue weighted by molar-refractivity contribution is 0.101. The summed E-state index contributed by atoms with van der Waals surface area (Å²) >= 11 is 0. The lowest BCUT2D eigenvalue weighted by Gasteiger charge is -2.04. The van der Waals surface area contributed by atoms with Crippen molar-refractivity contribution in [3.63, 3.8) is 0 Å². The molecule has 0 saturated heterocycles. The van der Waals surface area contributed by atoms with Crippen LogP contribution in [0.15, 0.2) is 48.7 Å². The summed E-state index contributed by atoms with van der Waals surface area (Å²) in [6.45, 7) is 5.79. The van der Waals surface area contributed by atoms with Gasteiger partial charge in [-0.3, -0.25) is 9.78 Å². The second-order valence-corrected chi connectivity index (χ2v) is 4.03. The number of nitrogens with zero attached hydrogens (tertiary/aromatic N) is 1. The van der Waals surface area contributed by atoms with Gasteiger partial charge >= 0.3 is 0 Å². The van der Waals surface area contributed by atoms with Gasteiger partial charge in [0, 0.05) is 18.7 Å². The molecule has 0 spiro atoms. The van der Waals surface area contributed by atoms with E-state index in [0.29, 0.717) is 5.69 Å². The molecule has 0 N–H and O–H groups in total. The van der Waals surface area contributed by atoms with Crippen LogP contribution in [-0.4, -0.2) is 10.8 Å². The van der Waals surface area contributed by atoms with Crippen LogP contribution in [0.2, 0.25) is 0 Å². The SMILES string of the molecule is CC(=O)c1ncccc1-c1ccccc1.CCC. The van der Waals surface area contributed by atoms with Gasteiger partial charge < -0.3 is 0 Å². The van der Waals surface area contributed by atoms with Gasteiger partial charge in [0.15, 0.2) is 5.78 Å². The van der Waals surface area contributed by atoms with E-state index in [-0.39, 0.29) is 5.78 Å². The quantitative estimate of drug-likeness (QED) is 0.731. The number of carbonyl (C=O) groups is 1. The molecule has 0 radical (unpaired) electrons. The van der Waals surface area contributed by atoms with Crippen molar-refractivity contribution in [2.24, 2.45) is 0 Å². The molecule has 2 rings (SSSR count). The molecular formula is C16H19NO. The Kier molecular flexibility index (Phi) is 5.78. The Morgan fingerprint density at radius 2 is 1.67 bits per heavy atom. The molecule has 0 atom stereocenters. The summed E-state index contributed by atoms with van der Waals surface area (Å²) in [5.41, 5.74) is 2.45. The molecule has 94 valence electrons. The summed E-state index contributed by atoms with van der Waals surface area (Å²) in [7, 11) is 0. The molecule has 2 nitrogen and oxygen atoms in total. The van der Waals surface area contributed by atoms with E-state index >= 15 is 0 Å². The van der Waals surface area contributed by atoms with Gasteiger partial charge in [0.05, 0.1) is 0 Å². The van der Waals surface area contributed by atoms with Gasteiger partial charge in [0.25, 0.3) is 0 Å². The van der Waals surface area contributed by atoms with Crippen molar-refractivity contribution in [2.45, 2.75) is 27.2 Å². The zero-order valence-corrected chi connectivity index (χ0v) is 11.2. The van der Waals surface area contributed by atoms with Crippen molar-refractivity contribution < 1.29 is 4.79 Å². The summed E-state index contributed by atoms with van der Waals surface area (Å²) < 4.78 is 0. The van der Waals surface area contributed by atoms with Crippen LogP contribution < -0.4 is 0 Å². The van der Waals surface area contributed by atoms with Gasteiger partial charge in [0.2, 0.25) is 0 Å². The molecule has 0 aliphatic heterocycles. The summed E-state index contributed by atoms with van der Waals surface area (Å²) in [5, 5.41) is 0. The molecule has 2 heteroatoms. The molecular weight excluding hydrogens is 222 g/mol. The Hall–Kier alpha value is -1.96. The molecule has 0 aliphatic carbocycles. The van der Waals surface area contributed by atoms with Crippen LogP contribution >= 0.6 is 0 Å². The smallest absolute Gasteiger partial charge is 0.178 e. The Morgan fingerprint density at radius 1 is 1.06 bits per heavy atom. The maximum absolute atomic E-state index is 11.4. The average molecular weight is 241 g/mol. The minimum atomic E-state index is -0.00514. The molecule has 0 bridgehead atoms. The van der Waals surface area contributed by atoms with Crippen LogP contribution in [0.25, 0.3) is 11.1 Å². The zero-order chi connectivity index (χ0) is 13.4. The molecule has 2 aromatic rings. The molecule has 18 heavy (non-hydrogen) atoms. The Balaban J connectivity index is 0.000000492. The number of pyridine rings is 1. The van der Waals surface area contributed by atoms with Gasteiger partial charge in [0.1, 0.15) is 5.69 Å². The lowest BCUT2D eigenvalue weighted by Crippen LogP contribution is -1.99. The van der Waals surface area contributed by atoms with Crippen molar-refractivity contribution in [2.75, 3.05) is 0 Å². The Bertz CT molecular complexity index is 491. The fourth-order valence-electron chi connectivity index (χ4n) is 1.54. The van der Waals surface area contributed by atoms with E-state index in [1.54, 1.807) is 6.20 Å². The first-order valence-corrected chi connectivity index (χ1v) is 6.22. The number of hydrogen-bond acceptors (Lipinski definition) is 2. The average Bonchev–Trinajstić information content (AvgIpc) is 2.40. The van der Waals surface area contributed by atoms with Crippen LogP contribution in [0.5, 0.6) is 0 Å². The summed E-state index contributed by atoms with van der Waals surface area (Å²) in [4.78, 5) is 15.5.